The van der Waals surface area contributed by atoms with E-state index in [0.29, 0.717) is 6.54 Å². The lowest BCUT2D eigenvalue weighted by molar-refractivity contribution is 0.199. The zero-order valence-corrected chi connectivity index (χ0v) is 10.4. The van der Waals surface area contributed by atoms with Crippen LogP contribution in [0, 0.1) is 5.92 Å². The fraction of sp³-hybridized carbons (Fsp3) is 0.818. The van der Waals surface area contributed by atoms with Gasteiger partial charge in [-0.1, -0.05) is 24.9 Å². The summed E-state index contributed by atoms with van der Waals surface area (Å²) in [5.41, 5.74) is 5.44. The van der Waals surface area contributed by atoms with Gasteiger partial charge in [-0.05, 0) is 12.8 Å². The zero-order valence-electron chi connectivity index (χ0n) is 10.4. The predicted octanol–water partition coefficient (Wildman–Crippen LogP) is 0.954. The van der Waals surface area contributed by atoms with Gasteiger partial charge < -0.3 is 21.2 Å². The van der Waals surface area contributed by atoms with E-state index in [1.807, 2.05) is 4.90 Å². The lowest BCUT2D eigenvalue weighted by atomic mass is 10.1. The molecule has 98 valence electrons. The van der Waals surface area contributed by atoms with Gasteiger partial charge in [-0.2, -0.15) is 0 Å². The van der Waals surface area contributed by atoms with Crippen LogP contribution in [0.5, 0.6) is 0 Å². The van der Waals surface area contributed by atoms with Gasteiger partial charge in [0.05, 0.1) is 0 Å². The number of hydrogen-bond donors (Lipinski definition) is 3. The zero-order chi connectivity index (χ0) is 12.7. The standard InChI is InChI=1S/C11H22N4O2/c1-9(10(12)14-17)8-13-11(16)15-6-4-2-3-5-7-15/h9,17H,2-8H2,1H3,(H2,12,14)(H,13,16). The van der Waals surface area contributed by atoms with Crippen molar-refractivity contribution in [2.24, 2.45) is 16.8 Å². The van der Waals surface area contributed by atoms with Gasteiger partial charge in [0.1, 0.15) is 5.84 Å². The van der Waals surface area contributed by atoms with E-state index in [4.69, 9.17) is 10.9 Å². The normalized spacial score (nSPS) is 19.6. The van der Waals surface area contributed by atoms with Crippen molar-refractivity contribution < 1.29 is 10.0 Å². The molecular weight excluding hydrogens is 220 g/mol. The molecule has 0 radical (unpaired) electrons. The second kappa shape index (κ2) is 6.98. The number of amides is 2. The molecule has 1 saturated heterocycles. The number of hydrogen-bond acceptors (Lipinski definition) is 3. The topological polar surface area (TPSA) is 91.0 Å². The van der Waals surface area contributed by atoms with Gasteiger partial charge in [0.25, 0.3) is 0 Å². The molecule has 2 amide bonds. The third kappa shape index (κ3) is 4.50. The quantitative estimate of drug-likeness (QED) is 0.298. The summed E-state index contributed by atoms with van der Waals surface area (Å²) in [6, 6.07) is -0.0514. The molecule has 1 fully saturated rings. The van der Waals surface area contributed by atoms with Gasteiger partial charge in [-0.25, -0.2) is 4.79 Å². The number of urea groups is 1. The molecule has 4 N–H and O–H groups in total. The van der Waals surface area contributed by atoms with Gasteiger partial charge in [-0.15, -0.1) is 0 Å². The first-order valence-electron chi connectivity index (χ1n) is 6.15. The SMILES string of the molecule is CC(CNC(=O)N1CCCCCC1)C(N)=NO. The number of likely N-dealkylation sites (tertiary alicyclic amines) is 1. The van der Waals surface area contributed by atoms with Crippen LogP contribution in [0.1, 0.15) is 32.6 Å². The monoisotopic (exact) mass is 242 g/mol. The molecule has 0 aliphatic carbocycles. The van der Waals surface area contributed by atoms with Crippen molar-refractivity contribution in [2.75, 3.05) is 19.6 Å². The van der Waals surface area contributed by atoms with Crippen LogP contribution in [-0.2, 0) is 0 Å². The van der Waals surface area contributed by atoms with Crippen LogP contribution in [-0.4, -0.2) is 41.6 Å². The summed E-state index contributed by atoms with van der Waals surface area (Å²) in [6.07, 6.45) is 4.54. The second-order valence-electron chi connectivity index (χ2n) is 4.51. The highest BCUT2D eigenvalue weighted by Crippen LogP contribution is 2.09. The lowest BCUT2D eigenvalue weighted by Crippen LogP contribution is -2.43. The summed E-state index contributed by atoms with van der Waals surface area (Å²) in [4.78, 5) is 13.7. The molecule has 1 heterocycles. The molecule has 1 atom stereocenters. The summed E-state index contributed by atoms with van der Waals surface area (Å²) in [6.45, 7) is 3.84. The van der Waals surface area contributed by atoms with E-state index in [9.17, 15) is 4.79 Å². The molecule has 0 aromatic heterocycles. The maximum atomic E-state index is 11.8. The Labute approximate surface area is 102 Å². The molecule has 1 aliphatic heterocycles. The van der Waals surface area contributed by atoms with E-state index in [1.165, 1.54) is 12.8 Å². The fourth-order valence-electron chi connectivity index (χ4n) is 1.83. The highest BCUT2D eigenvalue weighted by atomic mass is 16.4. The van der Waals surface area contributed by atoms with E-state index >= 15 is 0 Å². The molecule has 6 nitrogen and oxygen atoms in total. The maximum Gasteiger partial charge on any atom is 0.317 e. The van der Waals surface area contributed by atoms with Crippen molar-refractivity contribution in [3.8, 4) is 0 Å². The number of oxime groups is 1. The molecule has 0 aromatic rings. The van der Waals surface area contributed by atoms with Gasteiger partial charge in [0.2, 0.25) is 0 Å². The van der Waals surface area contributed by atoms with Gasteiger partial charge >= 0.3 is 6.03 Å². The Morgan fingerprint density at radius 1 is 1.41 bits per heavy atom. The van der Waals surface area contributed by atoms with Crippen molar-refractivity contribution in [1.29, 1.82) is 0 Å². The minimum atomic E-state index is -0.157. The Morgan fingerprint density at radius 3 is 2.53 bits per heavy atom. The lowest BCUT2D eigenvalue weighted by Gasteiger charge is -2.21. The fourth-order valence-corrected chi connectivity index (χ4v) is 1.83. The Hall–Kier alpha value is -1.46. The summed E-state index contributed by atoms with van der Waals surface area (Å²) >= 11 is 0. The first-order valence-corrected chi connectivity index (χ1v) is 6.15. The van der Waals surface area contributed by atoms with Crippen LogP contribution >= 0.6 is 0 Å². The number of rotatable bonds is 3. The van der Waals surface area contributed by atoms with Gasteiger partial charge in [-0.3, -0.25) is 0 Å². The first kappa shape index (κ1) is 13.6. The van der Waals surface area contributed by atoms with Crippen molar-refractivity contribution in [3.63, 3.8) is 0 Å². The maximum absolute atomic E-state index is 11.8. The second-order valence-corrected chi connectivity index (χ2v) is 4.51. The Morgan fingerprint density at radius 2 is 2.00 bits per heavy atom. The summed E-state index contributed by atoms with van der Waals surface area (Å²) in [5, 5.41) is 14.2. The highest BCUT2D eigenvalue weighted by molar-refractivity contribution is 5.83. The number of nitrogens with one attached hydrogen (secondary N) is 1. The summed E-state index contributed by atoms with van der Waals surface area (Å²) in [5.74, 6) is -0.0166. The van der Waals surface area contributed by atoms with E-state index in [0.717, 1.165) is 25.9 Å². The number of carbonyl (C=O) groups excluding carboxylic acids is 1. The van der Waals surface area contributed by atoms with Crippen LogP contribution in [0.3, 0.4) is 0 Å². The van der Waals surface area contributed by atoms with Crippen LogP contribution < -0.4 is 11.1 Å². The number of carbonyl (C=O) groups is 1. The molecule has 6 heteroatoms. The summed E-state index contributed by atoms with van der Waals surface area (Å²) in [7, 11) is 0. The van der Waals surface area contributed by atoms with Crippen molar-refractivity contribution in [3.05, 3.63) is 0 Å². The van der Waals surface area contributed by atoms with E-state index in [2.05, 4.69) is 10.5 Å². The first-order chi connectivity index (χ1) is 8.15. The smallest absolute Gasteiger partial charge is 0.317 e. The molecule has 0 bridgehead atoms. The van der Waals surface area contributed by atoms with Crippen LogP contribution in [0.2, 0.25) is 0 Å². The Kier molecular flexibility index (Phi) is 5.59. The third-order valence-electron chi connectivity index (χ3n) is 3.07. The van der Waals surface area contributed by atoms with Crippen LogP contribution in [0.15, 0.2) is 5.16 Å². The van der Waals surface area contributed by atoms with Gasteiger partial charge in [0.15, 0.2) is 0 Å². The number of nitrogens with two attached hydrogens (primary N) is 1. The predicted molar refractivity (Wildman–Crippen MR) is 66.0 cm³/mol. The minimum Gasteiger partial charge on any atom is -0.409 e. The molecular formula is C11H22N4O2. The molecule has 1 aliphatic rings. The summed E-state index contributed by atoms with van der Waals surface area (Å²) < 4.78 is 0. The van der Waals surface area contributed by atoms with Crippen LogP contribution in [0.4, 0.5) is 4.79 Å². The minimum absolute atomic E-state index is 0.0514. The van der Waals surface area contributed by atoms with Crippen molar-refractivity contribution in [2.45, 2.75) is 32.6 Å². The van der Waals surface area contributed by atoms with E-state index < -0.39 is 0 Å². The average molecular weight is 242 g/mol. The van der Waals surface area contributed by atoms with Crippen molar-refractivity contribution >= 4 is 11.9 Å². The Balaban J connectivity index is 2.33. The van der Waals surface area contributed by atoms with Crippen molar-refractivity contribution in [1.82, 2.24) is 10.2 Å². The highest BCUT2D eigenvalue weighted by Gasteiger charge is 2.16. The van der Waals surface area contributed by atoms with Crippen LogP contribution in [0.25, 0.3) is 0 Å². The average Bonchev–Trinajstić information content (AvgIpc) is 2.63. The molecule has 0 aromatic carbocycles. The van der Waals surface area contributed by atoms with Gasteiger partial charge in [0, 0.05) is 25.6 Å². The number of amidine groups is 1. The largest absolute Gasteiger partial charge is 0.409 e. The Bertz CT molecular complexity index is 273. The molecule has 0 saturated carbocycles. The molecule has 1 unspecified atom stereocenters. The van der Waals surface area contributed by atoms with E-state index in [-0.39, 0.29) is 17.8 Å². The number of nitrogens with zero attached hydrogens (tertiary/aromatic N) is 2. The third-order valence-corrected chi connectivity index (χ3v) is 3.07. The molecule has 17 heavy (non-hydrogen) atoms. The van der Waals surface area contributed by atoms with E-state index in [1.54, 1.807) is 6.92 Å². The molecule has 0 spiro atoms. The molecule has 1 rings (SSSR count).